The summed E-state index contributed by atoms with van der Waals surface area (Å²) < 4.78 is 1.95. The van der Waals surface area contributed by atoms with E-state index in [1.165, 1.54) is 0 Å². The Bertz CT molecular complexity index is 395. The standard InChI is InChI=1S/C9H11N5/c1-14-6-5-10-8(14)7-13-9-11-3-2-4-12-9/h2-6H,7H2,1H3,(H,11,12,13). The van der Waals surface area contributed by atoms with Gasteiger partial charge in [0, 0.05) is 31.8 Å². The van der Waals surface area contributed by atoms with Crippen molar-refractivity contribution in [3.05, 3.63) is 36.7 Å². The van der Waals surface area contributed by atoms with Crippen molar-refractivity contribution < 1.29 is 0 Å². The Morgan fingerprint density at radius 1 is 1.21 bits per heavy atom. The van der Waals surface area contributed by atoms with E-state index in [1.807, 2.05) is 17.8 Å². The third-order valence-electron chi connectivity index (χ3n) is 1.89. The maximum Gasteiger partial charge on any atom is 0.222 e. The number of hydrogen-bond acceptors (Lipinski definition) is 4. The number of nitrogens with zero attached hydrogens (tertiary/aromatic N) is 4. The molecule has 0 amide bonds. The van der Waals surface area contributed by atoms with Crippen LogP contribution >= 0.6 is 0 Å². The third-order valence-corrected chi connectivity index (χ3v) is 1.89. The van der Waals surface area contributed by atoms with Crippen LogP contribution in [0, 0.1) is 0 Å². The van der Waals surface area contributed by atoms with Gasteiger partial charge in [0.15, 0.2) is 0 Å². The Hall–Kier alpha value is -1.91. The fourth-order valence-corrected chi connectivity index (χ4v) is 1.12. The van der Waals surface area contributed by atoms with E-state index in [1.54, 1.807) is 24.7 Å². The van der Waals surface area contributed by atoms with E-state index < -0.39 is 0 Å². The molecule has 0 atom stereocenters. The quantitative estimate of drug-likeness (QED) is 0.776. The van der Waals surface area contributed by atoms with Gasteiger partial charge in [0.1, 0.15) is 5.82 Å². The van der Waals surface area contributed by atoms with Crippen molar-refractivity contribution >= 4 is 5.95 Å². The van der Waals surface area contributed by atoms with Gasteiger partial charge in [-0.3, -0.25) is 0 Å². The number of rotatable bonds is 3. The van der Waals surface area contributed by atoms with Crippen LogP contribution in [0.2, 0.25) is 0 Å². The fourth-order valence-electron chi connectivity index (χ4n) is 1.12. The molecule has 0 fully saturated rings. The van der Waals surface area contributed by atoms with Gasteiger partial charge in [-0.15, -0.1) is 0 Å². The minimum Gasteiger partial charge on any atom is -0.347 e. The summed E-state index contributed by atoms with van der Waals surface area (Å²) in [5.41, 5.74) is 0. The Morgan fingerprint density at radius 3 is 2.64 bits per heavy atom. The predicted molar refractivity (Wildman–Crippen MR) is 52.6 cm³/mol. The van der Waals surface area contributed by atoms with Gasteiger partial charge in [-0.05, 0) is 6.07 Å². The molecule has 0 aliphatic heterocycles. The van der Waals surface area contributed by atoms with E-state index in [-0.39, 0.29) is 0 Å². The fraction of sp³-hybridized carbons (Fsp3) is 0.222. The number of anilines is 1. The zero-order valence-electron chi connectivity index (χ0n) is 7.88. The zero-order chi connectivity index (χ0) is 9.80. The lowest BCUT2D eigenvalue weighted by Crippen LogP contribution is -2.07. The molecule has 0 aromatic carbocycles. The SMILES string of the molecule is Cn1ccnc1CNc1ncccn1. The maximum absolute atomic E-state index is 4.18. The van der Waals surface area contributed by atoms with Crippen molar-refractivity contribution in [3.8, 4) is 0 Å². The monoisotopic (exact) mass is 189 g/mol. The van der Waals surface area contributed by atoms with Crippen molar-refractivity contribution in [2.24, 2.45) is 7.05 Å². The number of imidazole rings is 1. The largest absolute Gasteiger partial charge is 0.347 e. The lowest BCUT2D eigenvalue weighted by molar-refractivity contribution is 0.808. The van der Waals surface area contributed by atoms with Crippen molar-refractivity contribution in [2.75, 3.05) is 5.32 Å². The topological polar surface area (TPSA) is 55.6 Å². The highest BCUT2D eigenvalue weighted by Gasteiger charge is 1.98. The van der Waals surface area contributed by atoms with Gasteiger partial charge in [-0.25, -0.2) is 15.0 Å². The maximum atomic E-state index is 4.18. The van der Waals surface area contributed by atoms with Crippen molar-refractivity contribution in [1.82, 2.24) is 19.5 Å². The summed E-state index contributed by atoms with van der Waals surface area (Å²) in [5, 5.41) is 3.08. The Morgan fingerprint density at radius 2 is 2.00 bits per heavy atom. The Kier molecular flexibility index (Phi) is 2.40. The second-order valence-corrected chi connectivity index (χ2v) is 2.88. The first kappa shape index (κ1) is 8.68. The van der Waals surface area contributed by atoms with Gasteiger partial charge in [0.05, 0.1) is 6.54 Å². The average molecular weight is 189 g/mol. The van der Waals surface area contributed by atoms with Crippen LogP contribution in [0.3, 0.4) is 0 Å². The first-order valence-corrected chi connectivity index (χ1v) is 4.33. The van der Waals surface area contributed by atoms with E-state index in [0.29, 0.717) is 12.5 Å². The average Bonchev–Trinajstić information content (AvgIpc) is 2.63. The number of aryl methyl sites for hydroxylation is 1. The molecule has 1 N–H and O–H groups in total. The van der Waals surface area contributed by atoms with Crippen LogP contribution in [-0.4, -0.2) is 19.5 Å². The van der Waals surface area contributed by atoms with E-state index in [4.69, 9.17) is 0 Å². The van der Waals surface area contributed by atoms with E-state index in [2.05, 4.69) is 20.3 Å². The molecule has 2 heterocycles. The molecule has 0 spiro atoms. The highest BCUT2D eigenvalue weighted by Crippen LogP contribution is 1.99. The molecule has 5 nitrogen and oxygen atoms in total. The lowest BCUT2D eigenvalue weighted by atomic mass is 10.6. The van der Waals surface area contributed by atoms with Crippen LogP contribution in [0.4, 0.5) is 5.95 Å². The second-order valence-electron chi connectivity index (χ2n) is 2.88. The molecule has 14 heavy (non-hydrogen) atoms. The molecule has 0 saturated carbocycles. The minimum absolute atomic E-state index is 0.621. The second kappa shape index (κ2) is 3.87. The van der Waals surface area contributed by atoms with E-state index in [0.717, 1.165) is 5.82 Å². The van der Waals surface area contributed by atoms with Gasteiger partial charge < -0.3 is 9.88 Å². The number of nitrogens with one attached hydrogen (secondary N) is 1. The molecule has 0 bridgehead atoms. The normalized spacial score (nSPS) is 10.1. The Labute approximate surface area is 81.8 Å². The molecule has 0 aliphatic carbocycles. The first-order valence-electron chi connectivity index (χ1n) is 4.33. The van der Waals surface area contributed by atoms with Gasteiger partial charge in [0.25, 0.3) is 0 Å². The van der Waals surface area contributed by atoms with Crippen molar-refractivity contribution in [1.29, 1.82) is 0 Å². The van der Waals surface area contributed by atoms with Crippen molar-refractivity contribution in [3.63, 3.8) is 0 Å². The molecule has 0 radical (unpaired) electrons. The summed E-state index contributed by atoms with van der Waals surface area (Å²) in [6.45, 7) is 0.632. The summed E-state index contributed by atoms with van der Waals surface area (Å²) in [4.78, 5) is 12.3. The molecule has 0 unspecified atom stereocenters. The molecule has 0 aliphatic rings. The van der Waals surface area contributed by atoms with Gasteiger partial charge in [-0.2, -0.15) is 0 Å². The molecule has 72 valence electrons. The van der Waals surface area contributed by atoms with Gasteiger partial charge >= 0.3 is 0 Å². The van der Waals surface area contributed by atoms with Crippen LogP contribution in [0.1, 0.15) is 5.82 Å². The van der Waals surface area contributed by atoms with E-state index >= 15 is 0 Å². The minimum atomic E-state index is 0.621. The molecule has 0 saturated heterocycles. The molecule has 2 aromatic heterocycles. The molecule has 2 rings (SSSR count). The molecule has 2 aromatic rings. The number of aromatic nitrogens is 4. The summed E-state index contributed by atoms with van der Waals surface area (Å²) in [6, 6.07) is 1.78. The molecular weight excluding hydrogens is 178 g/mol. The number of hydrogen-bond donors (Lipinski definition) is 1. The molecular formula is C9H11N5. The predicted octanol–water partition coefficient (Wildman–Crippen LogP) is 0.822. The van der Waals surface area contributed by atoms with E-state index in [9.17, 15) is 0 Å². The van der Waals surface area contributed by atoms with Crippen LogP contribution in [0.5, 0.6) is 0 Å². The summed E-state index contributed by atoms with van der Waals surface area (Å²) in [5.74, 6) is 1.58. The highest BCUT2D eigenvalue weighted by atomic mass is 15.1. The smallest absolute Gasteiger partial charge is 0.222 e. The van der Waals surface area contributed by atoms with Gasteiger partial charge in [0.2, 0.25) is 5.95 Å². The summed E-state index contributed by atoms with van der Waals surface area (Å²) in [6.07, 6.45) is 7.08. The Balaban J connectivity index is 1.99. The van der Waals surface area contributed by atoms with Crippen molar-refractivity contribution in [2.45, 2.75) is 6.54 Å². The lowest BCUT2D eigenvalue weighted by Gasteiger charge is -2.03. The van der Waals surface area contributed by atoms with Crippen LogP contribution in [-0.2, 0) is 13.6 Å². The van der Waals surface area contributed by atoms with Crippen LogP contribution in [0.25, 0.3) is 0 Å². The van der Waals surface area contributed by atoms with Crippen LogP contribution in [0.15, 0.2) is 30.9 Å². The third kappa shape index (κ3) is 1.87. The zero-order valence-corrected chi connectivity index (χ0v) is 7.88. The summed E-state index contributed by atoms with van der Waals surface area (Å²) in [7, 11) is 1.95. The van der Waals surface area contributed by atoms with Gasteiger partial charge in [-0.1, -0.05) is 0 Å². The summed E-state index contributed by atoms with van der Waals surface area (Å²) >= 11 is 0. The first-order chi connectivity index (χ1) is 6.86. The molecule has 5 heteroatoms. The van der Waals surface area contributed by atoms with Crippen LogP contribution < -0.4 is 5.32 Å². The highest BCUT2D eigenvalue weighted by molar-refractivity contribution is 5.22.